The normalized spacial score (nSPS) is 17.3. The Morgan fingerprint density at radius 2 is 1.85 bits per heavy atom. The first-order chi connectivity index (χ1) is 12.5. The van der Waals surface area contributed by atoms with Crippen LogP contribution in [0.1, 0.15) is 18.0 Å². The highest BCUT2D eigenvalue weighted by Gasteiger charge is 2.29. The highest BCUT2D eigenvalue weighted by atomic mass is 32.2. The summed E-state index contributed by atoms with van der Waals surface area (Å²) >= 11 is 1.45. The molecule has 3 rings (SSSR count). The molecule has 0 aliphatic carbocycles. The molecule has 0 fully saturated rings. The Balaban J connectivity index is 1.66. The van der Waals surface area contributed by atoms with Gasteiger partial charge in [0, 0.05) is 17.9 Å². The number of thioether (sulfide) groups is 1. The molecule has 6 heteroatoms. The van der Waals surface area contributed by atoms with Crippen molar-refractivity contribution < 1.29 is 9.59 Å². The van der Waals surface area contributed by atoms with E-state index in [-0.39, 0.29) is 24.3 Å². The number of carbonyl (C=O) groups is 2. The number of nitrogens with zero attached hydrogens (tertiary/aromatic N) is 1. The Morgan fingerprint density at radius 3 is 2.58 bits per heavy atom. The molecule has 0 aromatic heterocycles. The van der Waals surface area contributed by atoms with E-state index in [1.54, 1.807) is 0 Å². The van der Waals surface area contributed by atoms with E-state index in [1.807, 2.05) is 73.6 Å². The van der Waals surface area contributed by atoms with Crippen molar-refractivity contribution in [2.24, 2.45) is 0 Å². The zero-order chi connectivity index (χ0) is 18.5. The number of likely N-dealkylation sites (N-methyl/N-ethyl adjacent to an activating group) is 1. The predicted octanol–water partition coefficient (Wildman–Crippen LogP) is 2.91. The van der Waals surface area contributed by atoms with Gasteiger partial charge in [-0.3, -0.25) is 9.59 Å². The molecule has 2 aromatic rings. The molecule has 0 saturated heterocycles. The molecule has 1 aliphatic rings. The summed E-state index contributed by atoms with van der Waals surface area (Å²) in [6.07, 6.45) is 0.154. The van der Waals surface area contributed by atoms with Crippen LogP contribution in [0.25, 0.3) is 0 Å². The highest BCUT2D eigenvalue weighted by molar-refractivity contribution is 8.01. The Labute approximate surface area is 158 Å². The largest absolute Gasteiger partial charge is 0.348 e. The van der Waals surface area contributed by atoms with Gasteiger partial charge in [0.05, 0.1) is 17.0 Å². The maximum absolute atomic E-state index is 12.6. The van der Waals surface area contributed by atoms with E-state index >= 15 is 0 Å². The zero-order valence-corrected chi connectivity index (χ0v) is 15.8. The molecule has 0 spiro atoms. The summed E-state index contributed by atoms with van der Waals surface area (Å²) in [5, 5.41) is 5.55. The van der Waals surface area contributed by atoms with Crippen molar-refractivity contribution >= 4 is 29.3 Å². The van der Waals surface area contributed by atoms with Crippen LogP contribution in [0.5, 0.6) is 0 Å². The Morgan fingerprint density at radius 1 is 1.15 bits per heavy atom. The monoisotopic (exact) mass is 369 g/mol. The van der Waals surface area contributed by atoms with Gasteiger partial charge in [0.1, 0.15) is 0 Å². The van der Waals surface area contributed by atoms with Crippen molar-refractivity contribution in [3.05, 3.63) is 60.2 Å². The molecule has 2 N–H and O–H groups in total. The standard InChI is InChI=1S/C20H23N3O2S/c1-23(2)13-16(14-8-4-3-5-9-14)21-19(24)12-18-20(25)22-15-10-6-7-11-17(15)26-18/h3-11,16,18H,12-13H2,1-2H3,(H,21,24)(H,22,25)/t16-,18-/m1/s1. The first kappa shape index (κ1) is 18.5. The molecule has 1 heterocycles. The quantitative estimate of drug-likeness (QED) is 0.822. The molecular formula is C20H23N3O2S. The second-order valence-electron chi connectivity index (χ2n) is 6.59. The third-order valence-electron chi connectivity index (χ3n) is 4.16. The summed E-state index contributed by atoms with van der Waals surface area (Å²) in [4.78, 5) is 28.0. The molecule has 26 heavy (non-hydrogen) atoms. The maximum atomic E-state index is 12.6. The van der Waals surface area contributed by atoms with Crippen molar-refractivity contribution in [1.29, 1.82) is 0 Å². The third kappa shape index (κ3) is 4.65. The number of hydrogen-bond donors (Lipinski definition) is 2. The van der Waals surface area contributed by atoms with Gasteiger partial charge in [0.2, 0.25) is 11.8 Å². The minimum absolute atomic E-state index is 0.109. The first-order valence-corrected chi connectivity index (χ1v) is 9.46. The molecule has 0 unspecified atom stereocenters. The SMILES string of the molecule is CN(C)C[C@@H](NC(=O)C[C@H]1Sc2ccccc2NC1=O)c1ccccc1. The summed E-state index contributed by atoms with van der Waals surface area (Å²) in [7, 11) is 3.95. The van der Waals surface area contributed by atoms with Crippen LogP contribution in [-0.2, 0) is 9.59 Å². The van der Waals surface area contributed by atoms with Crippen LogP contribution in [0.15, 0.2) is 59.5 Å². The van der Waals surface area contributed by atoms with Crippen LogP contribution in [0, 0.1) is 0 Å². The van der Waals surface area contributed by atoms with Gasteiger partial charge < -0.3 is 15.5 Å². The highest BCUT2D eigenvalue weighted by Crippen LogP contribution is 2.36. The van der Waals surface area contributed by atoms with Crippen LogP contribution in [0.2, 0.25) is 0 Å². The number of carbonyl (C=O) groups excluding carboxylic acids is 2. The third-order valence-corrected chi connectivity index (χ3v) is 5.44. The number of fused-ring (bicyclic) bond motifs is 1. The number of amides is 2. The van der Waals surface area contributed by atoms with Gasteiger partial charge in [0.25, 0.3) is 0 Å². The van der Waals surface area contributed by atoms with Crippen LogP contribution >= 0.6 is 11.8 Å². The van der Waals surface area contributed by atoms with E-state index in [0.29, 0.717) is 6.54 Å². The van der Waals surface area contributed by atoms with Crippen LogP contribution < -0.4 is 10.6 Å². The Bertz CT molecular complexity index is 780. The fourth-order valence-electron chi connectivity index (χ4n) is 2.93. The smallest absolute Gasteiger partial charge is 0.238 e. The first-order valence-electron chi connectivity index (χ1n) is 8.58. The molecule has 5 nitrogen and oxygen atoms in total. The molecule has 2 aromatic carbocycles. The summed E-state index contributed by atoms with van der Waals surface area (Å²) < 4.78 is 0. The number of nitrogens with one attached hydrogen (secondary N) is 2. The fraction of sp³-hybridized carbons (Fsp3) is 0.300. The summed E-state index contributed by atoms with van der Waals surface area (Å²) in [5.74, 6) is -0.236. The van der Waals surface area contributed by atoms with Crippen molar-refractivity contribution in [3.63, 3.8) is 0 Å². The summed E-state index contributed by atoms with van der Waals surface area (Å²) in [6.45, 7) is 0.697. The van der Waals surface area contributed by atoms with Gasteiger partial charge in [-0.2, -0.15) is 0 Å². The van der Waals surface area contributed by atoms with Gasteiger partial charge >= 0.3 is 0 Å². The molecule has 2 amide bonds. The average Bonchev–Trinajstić information content (AvgIpc) is 2.62. The van der Waals surface area contributed by atoms with Gasteiger partial charge in [-0.15, -0.1) is 11.8 Å². The van der Waals surface area contributed by atoms with Gasteiger partial charge in [-0.25, -0.2) is 0 Å². The van der Waals surface area contributed by atoms with Crippen molar-refractivity contribution in [1.82, 2.24) is 10.2 Å². The van der Waals surface area contributed by atoms with Gasteiger partial charge in [0.15, 0.2) is 0 Å². The molecular weight excluding hydrogens is 346 g/mol. The minimum atomic E-state index is -0.416. The fourth-order valence-corrected chi connectivity index (χ4v) is 4.04. The van der Waals surface area contributed by atoms with Crippen molar-refractivity contribution in [3.8, 4) is 0 Å². The predicted molar refractivity (Wildman–Crippen MR) is 105 cm³/mol. The second kappa shape index (κ2) is 8.38. The molecule has 0 bridgehead atoms. The van der Waals surface area contributed by atoms with E-state index in [2.05, 4.69) is 10.6 Å². The lowest BCUT2D eigenvalue weighted by molar-refractivity contribution is -0.124. The topological polar surface area (TPSA) is 61.4 Å². The molecule has 2 atom stereocenters. The van der Waals surface area contributed by atoms with E-state index in [0.717, 1.165) is 16.1 Å². The zero-order valence-electron chi connectivity index (χ0n) is 14.9. The molecule has 1 aliphatic heterocycles. The average molecular weight is 369 g/mol. The second-order valence-corrected chi connectivity index (χ2v) is 7.83. The summed E-state index contributed by atoms with van der Waals surface area (Å²) in [5.41, 5.74) is 1.87. The van der Waals surface area contributed by atoms with E-state index in [9.17, 15) is 9.59 Å². The number of para-hydroxylation sites is 1. The van der Waals surface area contributed by atoms with Crippen molar-refractivity contribution in [2.75, 3.05) is 26.0 Å². The van der Waals surface area contributed by atoms with Gasteiger partial charge in [-0.1, -0.05) is 42.5 Å². The van der Waals surface area contributed by atoms with E-state index in [1.165, 1.54) is 11.8 Å². The van der Waals surface area contributed by atoms with Gasteiger partial charge in [-0.05, 0) is 31.8 Å². The van der Waals surface area contributed by atoms with Crippen molar-refractivity contribution in [2.45, 2.75) is 22.6 Å². The number of anilines is 1. The van der Waals surface area contributed by atoms with Crippen LogP contribution in [0.4, 0.5) is 5.69 Å². The number of benzene rings is 2. The maximum Gasteiger partial charge on any atom is 0.238 e. The van der Waals surface area contributed by atoms with Crippen LogP contribution in [-0.4, -0.2) is 42.6 Å². The lowest BCUT2D eigenvalue weighted by Crippen LogP contribution is -2.39. The molecule has 136 valence electrons. The Kier molecular flexibility index (Phi) is 5.96. The van der Waals surface area contributed by atoms with Crippen LogP contribution in [0.3, 0.4) is 0 Å². The van der Waals surface area contributed by atoms with E-state index < -0.39 is 5.25 Å². The van der Waals surface area contributed by atoms with E-state index in [4.69, 9.17) is 0 Å². The minimum Gasteiger partial charge on any atom is -0.348 e. The number of hydrogen-bond acceptors (Lipinski definition) is 4. The summed E-state index contributed by atoms with van der Waals surface area (Å²) in [6, 6.07) is 17.4. The lowest BCUT2D eigenvalue weighted by atomic mass is 10.1. The molecule has 0 saturated carbocycles. The lowest BCUT2D eigenvalue weighted by Gasteiger charge is -2.26. The number of rotatable bonds is 6. The molecule has 0 radical (unpaired) electrons. The Hall–Kier alpha value is -2.31.